The van der Waals surface area contributed by atoms with Gasteiger partial charge >= 0.3 is 0 Å². The molecule has 5 rings (SSSR count). The van der Waals surface area contributed by atoms with Crippen LogP contribution in [-0.2, 0) is 16.1 Å². The summed E-state index contributed by atoms with van der Waals surface area (Å²) in [5.74, 6) is -1.07. The molecule has 7 heteroatoms. The topological polar surface area (TPSA) is 96.3 Å². The summed E-state index contributed by atoms with van der Waals surface area (Å²) < 4.78 is 11.1. The minimum absolute atomic E-state index is 0.0330. The predicted octanol–water partition coefficient (Wildman–Crippen LogP) is 5.57. The van der Waals surface area contributed by atoms with Crippen LogP contribution in [0.3, 0.4) is 0 Å². The maximum atomic E-state index is 13.6. The van der Waals surface area contributed by atoms with Crippen molar-refractivity contribution in [1.29, 1.82) is 0 Å². The zero-order valence-electron chi connectivity index (χ0n) is 21.0. The molecule has 0 radical (unpaired) electrons. The predicted molar refractivity (Wildman–Crippen MR) is 144 cm³/mol. The third-order valence-electron chi connectivity index (χ3n) is 6.72. The fraction of sp³-hybridized carbons (Fsp3) is 0.161. The maximum absolute atomic E-state index is 13.6. The largest absolute Gasteiger partial charge is 0.507 e. The van der Waals surface area contributed by atoms with Gasteiger partial charge in [-0.2, -0.15) is 0 Å². The molecule has 4 aromatic carbocycles. The lowest BCUT2D eigenvalue weighted by Crippen LogP contribution is -2.29. The van der Waals surface area contributed by atoms with Gasteiger partial charge in [-0.05, 0) is 41.5 Å². The van der Waals surface area contributed by atoms with Crippen LogP contribution >= 0.6 is 0 Å². The van der Waals surface area contributed by atoms with E-state index in [0.29, 0.717) is 29.0 Å². The number of hydrogen-bond acceptors (Lipinski definition) is 6. The Morgan fingerprint density at radius 2 is 1.66 bits per heavy atom. The minimum atomic E-state index is -0.932. The van der Waals surface area contributed by atoms with Crippen molar-refractivity contribution in [2.45, 2.75) is 19.5 Å². The number of carbonyl (C=O) groups excluding carboxylic acids is 2. The van der Waals surface area contributed by atoms with Gasteiger partial charge in [0.1, 0.15) is 11.5 Å². The molecule has 1 unspecified atom stereocenters. The number of nitrogens with zero attached hydrogens (tertiary/aromatic N) is 1. The van der Waals surface area contributed by atoms with E-state index in [1.165, 1.54) is 11.0 Å². The van der Waals surface area contributed by atoms with Crippen LogP contribution in [-0.4, -0.2) is 40.5 Å². The quantitative estimate of drug-likeness (QED) is 0.192. The molecular formula is C31H27NO6. The number of Topliss-reactive ketones (excluding diaryl/α,β-unsaturated/α-hetero) is 1. The number of ether oxygens (including phenoxy) is 2. The third kappa shape index (κ3) is 4.32. The van der Waals surface area contributed by atoms with Gasteiger partial charge in [0.2, 0.25) is 0 Å². The van der Waals surface area contributed by atoms with Crippen LogP contribution in [0, 0.1) is 0 Å². The Bertz CT molecular complexity index is 1570. The van der Waals surface area contributed by atoms with Crippen LogP contribution in [0.25, 0.3) is 16.5 Å². The number of phenolic OH excluding ortho intramolecular Hbond substituents is 1. The number of fused-ring (bicyclic) bond motifs is 1. The van der Waals surface area contributed by atoms with E-state index in [-0.39, 0.29) is 29.4 Å². The first-order valence-corrected chi connectivity index (χ1v) is 12.3. The average molecular weight is 510 g/mol. The van der Waals surface area contributed by atoms with Crippen molar-refractivity contribution >= 4 is 28.2 Å². The van der Waals surface area contributed by atoms with Crippen LogP contribution in [0.5, 0.6) is 17.2 Å². The molecule has 4 aromatic rings. The van der Waals surface area contributed by atoms with E-state index in [4.69, 9.17) is 9.47 Å². The van der Waals surface area contributed by atoms with Crippen molar-refractivity contribution in [3.8, 4) is 17.2 Å². The Labute approximate surface area is 220 Å². The van der Waals surface area contributed by atoms with Crippen molar-refractivity contribution in [2.75, 3.05) is 13.7 Å². The van der Waals surface area contributed by atoms with E-state index in [1.54, 1.807) is 44.4 Å². The van der Waals surface area contributed by atoms with E-state index >= 15 is 0 Å². The lowest BCUT2D eigenvalue weighted by molar-refractivity contribution is -0.140. The first-order chi connectivity index (χ1) is 18.4. The highest BCUT2D eigenvalue weighted by atomic mass is 16.5. The van der Waals surface area contributed by atoms with Gasteiger partial charge in [0.25, 0.3) is 11.7 Å². The fourth-order valence-electron chi connectivity index (χ4n) is 4.96. The number of hydrogen-bond donors (Lipinski definition) is 2. The molecule has 0 bridgehead atoms. The summed E-state index contributed by atoms with van der Waals surface area (Å²) in [6.45, 7) is 2.17. The molecule has 1 fully saturated rings. The zero-order chi connectivity index (χ0) is 26.8. The molecule has 1 heterocycles. The first kappa shape index (κ1) is 24.9. The number of para-hydroxylation sites is 1. The summed E-state index contributed by atoms with van der Waals surface area (Å²) in [6.07, 6.45) is 0. The van der Waals surface area contributed by atoms with Crippen molar-refractivity contribution in [3.63, 3.8) is 0 Å². The molecule has 1 saturated heterocycles. The van der Waals surface area contributed by atoms with E-state index in [2.05, 4.69) is 0 Å². The summed E-state index contributed by atoms with van der Waals surface area (Å²) in [6, 6.07) is 24.0. The van der Waals surface area contributed by atoms with Gasteiger partial charge in [-0.25, -0.2) is 0 Å². The summed E-state index contributed by atoms with van der Waals surface area (Å²) in [4.78, 5) is 28.5. The Hall–Kier alpha value is -4.78. The summed E-state index contributed by atoms with van der Waals surface area (Å²) >= 11 is 0. The van der Waals surface area contributed by atoms with Crippen molar-refractivity contribution in [1.82, 2.24) is 4.90 Å². The van der Waals surface area contributed by atoms with Gasteiger partial charge in [0, 0.05) is 11.1 Å². The Balaban J connectivity index is 1.73. The van der Waals surface area contributed by atoms with Gasteiger partial charge in [-0.3, -0.25) is 9.59 Å². The minimum Gasteiger partial charge on any atom is -0.507 e. The summed E-state index contributed by atoms with van der Waals surface area (Å²) in [5, 5.41) is 23.6. The fourth-order valence-corrected chi connectivity index (χ4v) is 4.96. The van der Waals surface area contributed by atoms with Crippen molar-refractivity contribution < 1.29 is 29.3 Å². The van der Waals surface area contributed by atoms with Crippen LogP contribution in [0.2, 0.25) is 0 Å². The number of benzene rings is 4. The molecule has 0 spiro atoms. The highest BCUT2D eigenvalue weighted by Gasteiger charge is 2.46. The molecular weight excluding hydrogens is 482 g/mol. The van der Waals surface area contributed by atoms with Gasteiger partial charge < -0.3 is 24.6 Å². The van der Waals surface area contributed by atoms with Gasteiger partial charge in [-0.1, -0.05) is 66.7 Å². The number of methoxy groups -OCH3 is 1. The highest BCUT2D eigenvalue weighted by Crippen LogP contribution is 2.43. The van der Waals surface area contributed by atoms with Crippen LogP contribution in [0.1, 0.15) is 29.7 Å². The number of carbonyl (C=O) groups is 2. The number of aromatic hydroxyl groups is 1. The highest BCUT2D eigenvalue weighted by molar-refractivity contribution is 6.46. The molecule has 1 atom stereocenters. The van der Waals surface area contributed by atoms with Crippen molar-refractivity contribution in [2.24, 2.45) is 0 Å². The molecule has 38 heavy (non-hydrogen) atoms. The molecule has 1 amide bonds. The number of ketones is 1. The number of amides is 1. The summed E-state index contributed by atoms with van der Waals surface area (Å²) in [5.41, 5.74) is 1.64. The first-order valence-electron chi connectivity index (χ1n) is 12.3. The second kappa shape index (κ2) is 10.3. The Morgan fingerprint density at radius 3 is 2.45 bits per heavy atom. The smallest absolute Gasteiger partial charge is 0.295 e. The number of aliphatic hydroxyl groups excluding tert-OH is 1. The van der Waals surface area contributed by atoms with E-state index in [0.717, 1.165) is 10.8 Å². The molecule has 0 saturated carbocycles. The van der Waals surface area contributed by atoms with E-state index in [9.17, 15) is 19.8 Å². The second-order valence-corrected chi connectivity index (χ2v) is 8.93. The lowest BCUT2D eigenvalue weighted by atomic mass is 9.93. The molecule has 192 valence electrons. The molecule has 2 N–H and O–H groups in total. The molecule has 7 nitrogen and oxygen atoms in total. The van der Waals surface area contributed by atoms with E-state index < -0.39 is 17.7 Å². The maximum Gasteiger partial charge on any atom is 0.295 e. The zero-order valence-corrected chi connectivity index (χ0v) is 21.0. The molecule has 1 aliphatic rings. The number of likely N-dealkylation sites (tertiary alicyclic amines) is 1. The number of rotatable bonds is 7. The van der Waals surface area contributed by atoms with Gasteiger partial charge in [-0.15, -0.1) is 0 Å². The Morgan fingerprint density at radius 1 is 0.921 bits per heavy atom. The summed E-state index contributed by atoms with van der Waals surface area (Å²) in [7, 11) is 1.54. The van der Waals surface area contributed by atoms with Crippen LogP contribution < -0.4 is 9.47 Å². The molecule has 0 aromatic heterocycles. The van der Waals surface area contributed by atoms with Crippen molar-refractivity contribution in [3.05, 3.63) is 107 Å². The third-order valence-corrected chi connectivity index (χ3v) is 6.72. The normalized spacial score (nSPS) is 16.7. The monoisotopic (exact) mass is 509 g/mol. The number of phenols is 1. The van der Waals surface area contributed by atoms with Gasteiger partial charge in [0.15, 0.2) is 11.5 Å². The second-order valence-electron chi connectivity index (χ2n) is 8.93. The Kier molecular flexibility index (Phi) is 6.75. The van der Waals surface area contributed by atoms with Crippen LogP contribution in [0.4, 0.5) is 0 Å². The number of aliphatic hydroxyl groups is 1. The SMILES string of the molecule is CCOc1cc(C2/C(=C(\O)c3cccc4ccccc34)C(=O)C(=O)N2Cc2ccccc2OC)ccc1O. The van der Waals surface area contributed by atoms with E-state index in [1.807, 2.05) is 48.5 Å². The lowest BCUT2D eigenvalue weighted by Gasteiger charge is -2.26. The molecule has 0 aliphatic carbocycles. The standard InChI is InChI=1S/C31H27NO6/c1-3-38-26-17-20(15-16-24(26)33)28-27(29(34)23-13-8-11-19-9-4-6-12-22(19)23)30(35)31(36)32(28)18-21-10-5-7-14-25(21)37-2/h4-17,28,33-34H,3,18H2,1-2H3/b29-27+. The molecule has 1 aliphatic heterocycles. The average Bonchev–Trinajstić information content (AvgIpc) is 3.19. The van der Waals surface area contributed by atoms with Crippen LogP contribution in [0.15, 0.2) is 90.5 Å². The van der Waals surface area contributed by atoms with Gasteiger partial charge in [0.05, 0.1) is 31.9 Å².